The Morgan fingerprint density at radius 2 is 2.04 bits per heavy atom. The fourth-order valence-electron chi connectivity index (χ4n) is 2.28. The first-order valence-corrected chi connectivity index (χ1v) is 8.54. The Balaban J connectivity index is 2.06. The highest BCUT2D eigenvalue weighted by molar-refractivity contribution is 9.10. The van der Waals surface area contributed by atoms with Crippen molar-refractivity contribution in [2.24, 2.45) is 0 Å². The number of hydrogen-bond donors (Lipinski definition) is 1. The summed E-state index contributed by atoms with van der Waals surface area (Å²) in [7, 11) is 0. The van der Waals surface area contributed by atoms with E-state index in [-0.39, 0.29) is 24.1 Å². The molecule has 0 atom stereocenters. The van der Waals surface area contributed by atoms with E-state index in [0.29, 0.717) is 11.4 Å². The monoisotopic (exact) mass is 406 g/mol. The number of nitro benzene ring substituents is 1. The first kappa shape index (κ1) is 18.9. The Labute approximate surface area is 154 Å². The molecule has 0 aliphatic heterocycles. The summed E-state index contributed by atoms with van der Waals surface area (Å²) in [5.41, 5.74) is 2.29. The number of rotatable bonds is 6. The molecule has 2 aromatic rings. The van der Waals surface area contributed by atoms with Gasteiger partial charge in [0.1, 0.15) is 5.75 Å². The van der Waals surface area contributed by atoms with E-state index in [1.54, 1.807) is 6.07 Å². The smallest absolute Gasteiger partial charge is 0.271 e. The number of aryl methyl sites for hydroxylation is 1. The minimum Gasteiger partial charge on any atom is -0.483 e. The third kappa shape index (κ3) is 5.03. The molecule has 0 aliphatic rings. The SMILES string of the molecule is Cc1cc(OCC(=O)Nc2cccc([N+](=O)[O-])c2)c(C(C)C)cc1Br. The van der Waals surface area contributed by atoms with Gasteiger partial charge in [-0.05, 0) is 42.2 Å². The van der Waals surface area contributed by atoms with Gasteiger partial charge in [-0.15, -0.1) is 0 Å². The number of hydrogen-bond acceptors (Lipinski definition) is 4. The maximum Gasteiger partial charge on any atom is 0.271 e. The summed E-state index contributed by atoms with van der Waals surface area (Å²) in [6.07, 6.45) is 0. The van der Waals surface area contributed by atoms with Crippen LogP contribution in [0.4, 0.5) is 11.4 Å². The van der Waals surface area contributed by atoms with Crippen LogP contribution in [0, 0.1) is 17.0 Å². The summed E-state index contributed by atoms with van der Waals surface area (Å²) in [6, 6.07) is 9.67. The van der Waals surface area contributed by atoms with E-state index in [2.05, 4.69) is 21.2 Å². The Morgan fingerprint density at radius 1 is 1.32 bits per heavy atom. The second-order valence-electron chi connectivity index (χ2n) is 5.94. The molecule has 25 heavy (non-hydrogen) atoms. The van der Waals surface area contributed by atoms with E-state index in [4.69, 9.17) is 4.74 Å². The number of nitrogens with zero attached hydrogens (tertiary/aromatic N) is 1. The van der Waals surface area contributed by atoms with Crippen LogP contribution in [0.5, 0.6) is 5.75 Å². The van der Waals surface area contributed by atoms with Crippen LogP contribution in [0.15, 0.2) is 40.9 Å². The van der Waals surface area contributed by atoms with Crippen molar-refractivity contribution in [1.82, 2.24) is 0 Å². The molecule has 0 heterocycles. The van der Waals surface area contributed by atoms with Crippen molar-refractivity contribution in [1.29, 1.82) is 0 Å². The molecule has 0 saturated carbocycles. The number of carbonyl (C=O) groups excluding carboxylic acids is 1. The number of anilines is 1. The first-order valence-electron chi connectivity index (χ1n) is 7.75. The molecule has 2 rings (SSSR count). The zero-order valence-corrected chi connectivity index (χ0v) is 15.8. The van der Waals surface area contributed by atoms with Gasteiger partial charge in [0, 0.05) is 22.3 Å². The average molecular weight is 407 g/mol. The maximum absolute atomic E-state index is 12.1. The minimum absolute atomic E-state index is 0.0793. The molecule has 0 saturated heterocycles. The van der Waals surface area contributed by atoms with Gasteiger partial charge in [-0.25, -0.2) is 0 Å². The molecule has 0 radical (unpaired) electrons. The van der Waals surface area contributed by atoms with Crippen LogP contribution in [-0.2, 0) is 4.79 Å². The second kappa shape index (κ2) is 8.11. The molecule has 132 valence electrons. The number of non-ortho nitro benzene ring substituents is 1. The third-order valence-electron chi connectivity index (χ3n) is 3.61. The van der Waals surface area contributed by atoms with Crippen molar-refractivity contribution < 1.29 is 14.5 Å². The molecule has 2 aromatic carbocycles. The van der Waals surface area contributed by atoms with Gasteiger partial charge < -0.3 is 10.1 Å². The molecule has 0 spiro atoms. The molecule has 0 aliphatic carbocycles. The molecule has 0 bridgehead atoms. The highest BCUT2D eigenvalue weighted by Crippen LogP contribution is 2.32. The summed E-state index contributed by atoms with van der Waals surface area (Å²) >= 11 is 3.50. The fourth-order valence-corrected chi connectivity index (χ4v) is 2.65. The van der Waals surface area contributed by atoms with Crippen molar-refractivity contribution >= 4 is 33.2 Å². The molecule has 1 N–H and O–H groups in total. The van der Waals surface area contributed by atoms with Crippen LogP contribution in [0.25, 0.3) is 0 Å². The molecular weight excluding hydrogens is 388 g/mol. The van der Waals surface area contributed by atoms with Gasteiger partial charge in [0.25, 0.3) is 11.6 Å². The summed E-state index contributed by atoms with van der Waals surface area (Å²) in [5, 5.41) is 13.4. The number of carbonyl (C=O) groups is 1. The van der Waals surface area contributed by atoms with Crippen LogP contribution in [0.1, 0.15) is 30.9 Å². The van der Waals surface area contributed by atoms with E-state index >= 15 is 0 Å². The van der Waals surface area contributed by atoms with E-state index in [1.807, 2.05) is 32.9 Å². The van der Waals surface area contributed by atoms with Crippen LogP contribution in [0.3, 0.4) is 0 Å². The third-order valence-corrected chi connectivity index (χ3v) is 4.47. The van der Waals surface area contributed by atoms with Crippen molar-refractivity contribution in [3.8, 4) is 5.75 Å². The lowest BCUT2D eigenvalue weighted by atomic mass is 10.0. The summed E-state index contributed by atoms with van der Waals surface area (Å²) in [5.74, 6) is 0.521. The molecule has 7 heteroatoms. The van der Waals surface area contributed by atoms with E-state index < -0.39 is 4.92 Å². The quantitative estimate of drug-likeness (QED) is 0.551. The van der Waals surface area contributed by atoms with Gasteiger partial charge in [-0.3, -0.25) is 14.9 Å². The van der Waals surface area contributed by atoms with E-state index in [0.717, 1.165) is 15.6 Å². The molecule has 6 nitrogen and oxygen atoms in total. The Hall–Kier alpha value is -2.41. The lowest BCUT2D eigenvalue weighted by Crippen LogP contribution is -2.20. The summed E-state index contributed by atoms with van der Waals surface area (Å²) < 4.78 is 6.67. The van der Waals surface area contributed by atoms with Crippen LogP contribution in [-0.4, -0.2) is 17.4 Å². The zero-order chi connectivity index (χ0) is 18.6. The predicted octanol–water partition coefficient (Wildman–Crippen LogP) is 4.81. The van der Waals surface area contributed by atoms with Crippen molar-refractivity contribution in [2.75, 3.05) is 11.9 Å². The number of amides is 1. The second-order valence-corrected chi connectivity index (χ2v) is 6.79. The lowest BCUT2D eigenvalue weighted by Gasteiger charge is -2.16. The van der Waals surface area contributed by atoms with Gasteiger partial charge in [-0.1, -0.05) is 35.8 Å². The number of ether oxygens (including phenoxy) is 1. The van der Waals surface area contributed by atoms with E-state index in [9.17, 15) is 14.9 Å². The van der Waals surface area contributed by atoms with E-state index in [1.165, 1.54) is 18.2 Å². The number of benzene rings is 2. The topological polar surface area (TPSA) is 81.5 Å². The van der Waals surface area contributed by atoms with Gasteiger partial charge >= 0.3 is 0 Å². The van der Waals surface area contributed by atoms with Crippen molar-refractivity contribution in [2.45, 2.75) is 26.7 Å². The standard InChI is InChI=1S/C18H19BrN2O4/c1-11(2)15-9-16(19)12(3)7-17(15)25-10-18(22)20-13-5-4-6-14(8-13)21(23)24/h4-9,11H,10H2,1-3H3,(H,20,22). The molecular formula is C18H19BrN2O4. The van der Waals surface area contributed by atoms with Crippen LogP contribution >= 0.6 is 15.9 Å². The summed E-state index contributed by atoms with van der Waals surface area (Å²) in [6.45, 7) is 5.87. The van der Waals surface area contributed by atoms with Gasteiger partial charge in [0.2, 0.25) is 0 Å². The number of nitrogens with one attached hydrogen (secondary N) is 1. The van der Waals surface area contributed by atoms with Crippen LogP contribution in [0.2, 0.25) is 0 Å². The van der Waals surface area contributed by atoms with Gasteiger partial charge in [0.15, 0.2) is 6.61 Å². The maximum atomic E-state index is 12.1. The largest absolute Gasteiger partial charge is 0.483 e. The van der Waals surface area contributed by atoms with Crippen molar-refractivity contribution in [3.05, 3.63) is 62.1 Å². The molecule has 1 amide bonds. The fraction of sp³-hybridized carbons (Fsp3) is 0.278. The normalized spacial score (nSPS) is 10.6. The molecule has 0 unspecified atom stereocenters. The summed E-state index contributed by atoms with van der Waals surface area (Å²) in [4.78, 5) is 22.4. The average Bonchev–Trinajstić information content (AvgIpc) is 2.55. The lowest BCUT2D eigenvalue weighted by molar-refractivity contribution is -0.384. The molecule has 0 aromatic heterocycles. The highest BCUT2D eigenvalue weighted by Gasteiger charge is 2.13. The zero-order valence-electron chi connectivity index (χ0n) is 14.2. The molecule has 0 fully saturated rings. The predicted molar refractivity (Wildman–Crippen MR) is 100 cm³/mol. The number of halogens is 1. The van der Waals surface area contributed by atoms with Gasteiger partial charge in [-0.2, -0.15) is 0 Å². The number of nitro groups is 1. The Kier molecular flexibility index (Phi) is 6.14. The Morgan fingerprint density at radius 3 is 2.68 bits per heavy atom. The minimum atomic E-state index is -0.508. The highest BCUT2D eigenvalue weighted by atomic mass is 79.9. The van der Waals surface area contributed by atoms with Crippen LogP contribution < -0.4 is 10.1 Å². The Bertz CT molecular complexity index is 806. The first-order chi connectivity index (χ1) is 11.8. The van der Waals surface area contributed by atoms with Gasteiger partial charge in [0.05, 0.1) is 4.92 Å². The van der Waals surface area contributed by atoms with Crippen molar-refractivity contribution in [3.63, 3.8) is 0 Å².